The van der Waals surface area contributed by atoms with E-state index in [0.29, 0.717) is 19.1 Å². The van der Waals surface area contributed by atoms with Crippen LogP contribution in [0.3, 0.4) is 0 Å². The molecule has 9 nitrogen and oxygen atoms in total. The summed E-state index contributed by atoms with van der Waals surface area (Å²) in [5.41, 5.74) is 0.884. The summed E-state index contributed by atoms with van der Waals surface area (Å²) in [5, 5.41) is 27.0. The Morgan fingerprint density at radius 1 is 1.27 bits per heavy atom. The molecule has 9 heteroatoms. The van der Waals surface area contributed by atoms with Crippen molar-refractivity contribution >= 4 is 5.97 Å². The molecule has 2 rings (SSSR count). The number of benzene rings is 1. The molecule has 0 aliphatic carbocycles. The predicted molar refractivity (Wildman–Crippen MR) is 79.1 cm³/mol. The van der Waals surface area contributed by atoms with Crippen LogP contribution < -0.4 is 15.4 Å². The van der Waals surface area contributed by atoms with Crippen LogP contribution in [0.15, 0.2) is 28.6 Å². The summed E-state index contributed by atoms with van der Waals surface area (Å²) in [5.74, 6) is -0.714. The van der Waals surface area contributed by atoms with Crippen molar-refractivity contribution < 1.29 is 14.6 Å². The molecule has 1 aliphatic rings. The molecule has 0 atom stereocenters. The first-order valence-electron chi connectivity index (χ1n) is 6.77. The molecule has 0 aromatic heterocycles. The molecule has 0 spiro atoms. The van der Waals surface area contributed by atoms with Gasteiger partial charge in [-0.15, -0.1) is 0 Å². The molecule has 1 aliphatic heterocycles. The number of ether oxygens (including phenoxy) is 1. The van der Waals surface area contributed by atoms with E-state index in [1.807, 2.05) is 20.2 Å². The van der Waals surface area contributed by atoms with Crippen LogP contribution in [0.1, 0.15) is 22.1 Å². The quantitative estimate of drug-likeness (QED) is 0.679. The fraction of sp³-hybridized carbons (Fsp3) is 0.462. The third-order valence-corrected chi connectivity index (χ3v) is 3.23. The number of carboxylic acid groups (broad SMARTS) is 1. The summed E-state index contributed by atoms with van der Waals surface area (Å²) in [6.45, 7) is 0.978. The normalized spacial score (nSPS) is 14.7. The predicted octanol–water partition coefficient (Wildman–Crippen LogP) is 0.646. The summed E-state index contributed by atoms with van der Waals surface area (Å²) in [4.78, 5) is 11.4. The number of methoxy groups -OCH3 is 1. The van der Waals surface area contributed by atoms with E-state index < -0.39 is 5.97 Å². The standard InChI is InChI=1S/C13H20N6O3/c1-14-7-18-12(19(8-15-2)17-16-18)9-4-5-11(22-3)10(6-9)13(20)21/h4-6,12,14-15H,7-8H2,1-3H3,(H,20,21). The molecule has 0 radical (unpaired) electrons. The third-order valence-electron chi connectivity index (χ3n) is 3.23. The van der Waals surface area contributed by atoms with Gasteiger partial charge in [0.1, 0.15) is 11.3 Å². The molecule has 0 amide bonds. The van der Waals surface area contributed by atoms with Crippen molar-refractivity contribution in [3.8, 4) is 5.75 Å². The molecular weight excluding hydrogens is 288 g/mol. The first-order valence-corrected chi connectivity index (χ1v) is 6.77. The number of aromatic carboxylic acids is 1. The van der Waals surface area contributed by atoms with E-state index in [-0.39, 0.29) is 11.7 Å². The summed E-state index contributed by atoms with van der Waals surface area (Å²) in [6.07, 6.45) is -0.288. The Hall–Kier alpha value is -2.39. The van der Waals surface area contributed by atoms with Gasteiger partial charge in [0.15, 0.2) is 6.17 Å². The Labute approximate surface area is 128 Å². The molecule has 0 bridgehead atoms. The molecular formula is C13H20N6O3. The Morgan fingerprint density at radius 3 is 2.32 bits per heavy atom. The molecule has 0 unspecified atom stereocenters. The van der Waals surface area contributed by atoms with Crippen LogP contribution >= 0.6 is 0 Å². The Bertz CT molecular complexity index is 549. The van der Waals surface area contributed by atoms with Crippen LogP contribution in [0.5, 0.6) is 5.75 Å². The van der Waals surface area contributed by atoms with E-state index in [9.17, 15) is 9.90 Å². The van der Waals surface area contributed by atoms with Crippen molar-refractivity contribution in [2.45, 2.75) is 6.17 Å². The van der Waals surface area contributed by atoms with Gasteiger partial charge < -0.3 is 20.5 Å². The van der Waals surface area contributed by atoms with E-state index in [0.717, 1.165) is 5.56 Å². The lowest BCUT2D eigenvalue weighted by molar-refractivity contribution is 0.0691. The summed E-state index contributed by atoms with van der Waals surface area (Å²) < 4.78 is 5.09. The highest BCUT2D eigenvalue weighted by atomic mass is 16.5. The molecule has 120 valence electrons. The highest BCUT2D eigenvalue weighted by Crippen LogP contribution is 2.32. The highest BCUT2D eigenvalue weighted by Gasteiger charge is 2.31. The fourth-order valence-electron chi connectivity index (χ4n) is 2.31. The molecule has 0 saturated carbocycles. The molecule has 3 N–H and O–H groups in total. The van der Waals surface area contributed by atoms with Crippen LogP contribution in [0.25, 0.3) is 0 Å². The van der Waals surface area contributed by atoms with E-state index in [2.05, 4.69) is 21.1 Å². The zero-order chi connectivity index (χ0) is 16.1. The van der Waals surface area contributed by atoms with Crippen molar-refractivity contribution in [3.05, 3.63) is 29.3 Å². The topological polar surface area (TPSA) is 102 Å². The molecule has 1 heterocycles. The summed E-state index contributed by atoms with van der Waals surface area (Å²) in [6, 6.07) is 5.05. The fourth-order valence-corrected chi connectivity index (χ4v) is 2.31. The number of nitrogens with one attached hydrogen (secondary N) is 2. The monoisotopic (exact) mass is 308 g/mol. The SMILES string of the molecule is CNCN1N=NN(CNC)C1c1ccc(OC)c(C(=O)O)c1. The van der Waals surface area contributed by atoms with Gasteiger partial charge in [0, 0.05) is 0 Å². The molecule has 1 aromatic carbocycles. The van der Waals surface area contributed by atoms with E-state index in [4.69, 9.17) is 4.74 Å². The van der Waals surface area contributed by atoms with Crippen molar-refractivity contribution in [2.75, 3.05) is 34.5 Å². The second kappa shape index (κ2) is 7.05. The zero-order valence-electron chi connectivity index (χ0n) is 12.8. The van der Waals surface area contributed by atoms with Gasteiger partial charge >= 0.3 is 5.97 Å². The second-order valence-electron chi connectivity index (χ2n) is 4.72. The van der Waals surface area contributed by atoms with Gasteiger partial charge in [0.2, 0.25) is 0 Å². The molecule has 0 fully saturated rings. The maximum atomic E-state index is 11.4. The number of rotatable bonds is 7. The Morgan fingerprint density at radius 2 is 1.86 bits per heavy atom. The number of carbonyl (C=O) groups is 1. The Balaban J connectivity index is 2.37. The third kappa shape index (κ3) is 3.10. The van der Waals surface area contributed by atoms with E-state index >= 15 is 0 Å². The lowest BCUT2D eigenvalue weighted by Crippen LogP contribution is -2.38. The first kappa shape index (κ1) is 16.0. The van der Waals surface area contributed by atoms with E-state index in [1.165, 1.54) is 7.11 Å². The minimum atomic E-state index is -1.04. The highest BCUT2D eigenvalue weighted by molar-refractivity contribution is 5.91. The van der Waals surface area contributed by atoms with Gasteiger partial charge in [-0.1, -0.05) is 6.07 Å². The van der Waals surface area contributed by atoms with Gasteiger partial charge in [-0.25, -0.2) is 14.8 Å². The van der Waals surface area contributed by atoms with Gasteiger partial charge in [-0.05, 0) is 42.2 Å². The minimum absolute atomic E-state index is 0.112. The largest absolute Gasteiger partial charge is 0.496 e. The van der Waals surface area contributed by atoms with Crippen LogP contribution in [0.2, 0.25) is 0 Å². The number of carboxylic acids is 1. The number of hydrogen-bond acceptors (Lipinski definition) is 8. The van der Waals surface area contributed by atoms with Gasteiger partial charge in [0.05, 0.1) is 20.4 Å². The smallest absolute Gasteiger partial charge is 0.339 e. The van der Waals surface area contributed by atoms with Crippen molar-refractivity contribution in [1.82, 2.24) is 20.7 Å². The molecule has 22 heavy (non-hydrogen) atoms. The summed E-state index contributed by atoms with van der Waals surface area (Å²) in [7, 11) is 5.07. The number of hydrogen-bond donors (Lipinski definition) is 3. The van der Waals surface area contributed by atoms with Gasteiger partial charge in [-0.2, -0.15) is 0 Å². The van der Waals surface area contributed by atoms with Crippen molar-refractivity contribution in [3.63, 3.8) is 0 Å². The van der Waals surface area contributed by atoms with E-state index in [1.54, 1.807) is 22.2 Å². The lowest BCUT2D eigenvalue weighted by Gasteiger charge is -2.28. The van der Waals surface area contributed by atoms with Crippen LogP contribution in [-0.4, -0.2) is 55.6 Å². The Kier molecular flexibility index (Phi) is 5.12. The maximum absolute atomic E-state index is 11.4. The number of nitrogens with zero attached hydrogens (tertiary/aromatic N) is 4. The second-order valence-corrected chi connectivity index (χ2v) is 4.72. The zero-order valence-corrected chi connectivity index (χ0v) is 12.8. The minimum Gasteiger partial charge on any atom is -0.496 e. The van der Waals surface area contributed by atoms with Crippen LogP contribution in [0.4, 0.5) is 0 Å². The van der Waals surface area contributed by atoms with Crippen molar-refractivity contribution in [2.24, 2.45) is 10.4 Å². The maximum Gasteiger partial charge on any atom is 0.339 e. The molecule has 1 aromatic rings. The van der Waals surface area contributed by atoms with Crippen LogP contribution in [0, 0.1) is 0 Å². The lowest BCUT2D eigenvalue weighted by atomic mass is 10.1. The van der Waals surface area contributed by atoms with Crippen molar-refractivity contribution in [1.29, 1.82) is 0 Å². The average molecular weight is 308 g/mol. The van der Waals surface area contributed by atoms with Gasteiger partial charge in [-0.3, -0.25) is 0 Å². The first-order chi connectivity index (χ1) is 10.6. The summed E-state index contributed by atoms with van der Waals surface area (Å²) >= 11 is 0. The van der Waals surface area contributed by atoms with Crippen LogP contribution in [-0.2, 0) is 0 Å². The van der Waals surface area contributed by atoms with Gasteiger partial charge in [0.25, 0.3) is 0 Å². The average Bonchev–Trinajstić information content (AvgIpc) is 2.90. The molecule has 0 saturated heterocycles.